The van der Waals surface area contributed by atoms with Crippen LogP contribution in [-0.2, 0) is 9.84 Å². The number of likely N-dealkylation sites (tertiary alicyclic amines) is 1. The van der Waals surface area contributed by atoms with Crippen LogP contribution in [0, 0.1) is 5.92 Å². The first-order valence-corrected chi connectivity index (χ1v) is 7.43. The predicted molar refractivity (Wildman–Crippen MR) is 59.2 cm³/mol. The molecule has 0 spiro atoms. The topological polar surface area (TPSA) is 37.4 Å². The molecule has 1 fully saturated rings. The van der Waals surface area contributed by atoms with E-state index >= 15 is 0 Å². The third kappa shape index (κ3) is 4.96. The summed E-state index contributed by atoms with van der Waals surface area (Å²) in [5.41, 5.74) is 0. The number of hydrogen-bond donors (Lipinski definition) is 0. The highest BCUT2D eigenvalue weighted by atomic mass is 32.2. The maximum Gasteiger partial charge on any atom is 0.147 e. The zero-order chi connectivity index (χ0) is 10.6. The van der Waals surface area contributed by atoms with Crippen LogP contribution in [0.4, 0.5) is 0 Å². The van der Waals surface area contributed by atoms with Crippen molar-refractivity contribution < 1.29 is 8.42 Å². The van der Waals surface area contributed by atoms with Gasteiger partial charge < -0.3 is 4.90 Å². The van der Waals surface area contributed by atoms with Crippen molar-refractivity contribution >= 4 is 9.84 Å². The lowest BCUT2D eigenvalue weighted by atomic mass is 9.99. The summed E-state index contributed by atoms with van der Waals surface area (Å²) in [7, 11) is -2.76. The molecule has 0 saturated carbocycles. The monoisotopic (exact) mass is 219 g/mol. The van der Waals surface area contributed by atoms with Crippen LogP contribution in [0.2, 0.25) is 0 Å². The highest BCUT2D eigenvalue weighted by Gasteiger charge is 2.15. The molecular formula is C10H21NO2S. The molecule has 84 valence electrons. The predicted octanol–water partition coefficient (Wildman–Crippen LogP) is 1.15. The van der Waals surface area contributed by atoms with E-state index in [0.29, 0.717) is 5.75 Å². The van der Waals surface area contributed by atoms with Gasteiger partial charge in [0.05, 0.1) is 5.75 Å². The van der Waals surface area contributed by atoms with Crippen molar-refractivity contribution in [2.75, 3.05) is 31.6 Å². The lowest BCUT2D eigenvalue weighted by molar-refractivity contribution is 0.193. The molecule has 1 heterocycles. The molecule has 1 saturated heterocycles. The first-order valence-electron chi connectivity index (χ1n) is 5.37. The van der Waals surface area contributed by atoms with E-state index in [1.807, 2.05) is 0 Å². The summed E-state index contributed by atoms with van der Waals surface area (Å²) in [5, 5.41) is 0. The van der Waals surface area contributed by atoms with Gasteiger partial charge in [0.15, 0.2) is 0 Å². The van der Waals surface area contributed by atoms with Crippen molar-refractivity contribution in [3.63, 3.8) is 0 Å². The highest BCUT2D eigenvalue weighted by molar-refractivity contribution is 7.90. The van der Waals surface area contributed by atoms with E-state index in [4.69, 9.17) is 0 Å². The minimum Gasteiger partial charge on any atom is -0.303 e. The van der Waals surface area contributed by atoms with E-state index < -0.39 is 9.84 Å². The van der Waals surface area contributed by atoms with Crippen LogP contribution in [-0.4, -0.2) is 45.0 Å². The van der Waals surface area contributed by atoms with Crippen molar-refractivity contribution in [2.24, 2.45) is 5.92 Å². The molecule has 3 nitrogen and oxygen atoms in total. The van der Waals surface area contributed by atoms with Crippen LogP contribution < -0.4 is 0 Å². The number of nitrogens with zero attached hydrogens (tertiary/aromatic N) is 1. The molecular weight excluding hydrogens is 198 g/mol. The van der Waals surface area contributed by atoms with Crippen molar-refractivity contribution in [3.8, 4) is 0 Å². The molecule has 0 atom stereocenters. The molecule has 1 aliphatic heterocycles. The van der Waals surface area contributed by atoms with Gasteiger partial charge in [-0.05, 0) is 44.8 Å². The van der Waals surface area contributed by atoms with E-state index in [9.17, 15) is 8.42 Å². The third-order valence-corrected chi connectivity index (χ3v) is 3.90. The Bertz CT molecular complexity index is 253. The van der Waals surface area contributed by atoms with Crippen molar-refractivity contribution in [1.82, 2.24) is 4.90 Å². The molecule has 0 bridgehead atoms. The van der Waals surface area contributed by atoms with Crippen LogP contribution in [0.1, 0.15) is 26.2 Å². The zero-order valence-corrected chi connectivity index (χ0v) is 10.0. The third-order valence-electron chi connectivity index (χ3n) is 2.87. The number of hydrogen-bond acceptors (Lipinski definition) is 3. The molecule has 0 N–H and O–H groups in total. The van der Waals surface area contributed by atoms with Crippen molar-refractivity contribution in [1.29, 1.82) is 0 Å². The maximum absolute atomic E-state index is 10.9. The fourth-order valence-corrected chi connectivity index (χ4v) is 2.49. The van der Waals surface area contributed by atoms with Crippen molar-refractivity contribution in [2.45, 2.75) is 26.2 Å². The largest absolute Gasteiger partial charge is 0.303 e. The van der Waals surface area contributed by atoms with E-state index in [1.54, 1.807) is 0 Å². The molecule has 4 heteroatoms. The van der Waals surface area contributed by atoms with Crippen LogP contribution in [0.5, 0.6) is 0 Å². The molecule has 1 rings (SSSR count). The average molecular weight is 219 g/mol. The summed E-state index contributed by atoms with van der Waals surface area (Å²) in [6, 6.07) is 0. The van der Waals surface area contributed by atoms with Gasteiger partial charge in [-0.15, -0.1) is 0 Å². The first-order chi connectivity index (χ1) is 6.47. The Labute approximate surface area is 87.4 Å². The fraction of sp³-hybridized carbons (Fsp3) is 1.00. The Morgan fingerprint density at radius 2 is 1.86 bits per heavy atom. The van der Waals surface area contributed by atoms with Crippen LogP contribution in [0.25, 0.3) is 0 Å². The normalized spacial score (nSPS) is 21.3. The summed E-state index contributed by atoms with van der Waals surface area (Å²) in [6.07, 6.45) is 4.62. The summed E-state index contributed by atoms with van der Waals surface area (Å²) < 4.78 is 21.8. The SMILES string of the molecule is CC1CCN(CCCS(C)(=O)=O)CC1. The van der Waals surface area contributed by atoms with E-state index in [0.717, 1.165) is 32.0 Å². The summed E-state index contributed by atoms with van der Waals surface area (Å²) in [6.45, 7) is 5.52. The molecule has 0 aromatic rings. The van der Waals surface area contributed by atoms with Gasteiger partial charge in [0, 0.05) is 6.26 Å². The molecule has 0 aromatic heterocycles. The zero-order valence-electron chi connectivity index (χ0n) is 9.20. The summed E-state index contributed by atoms with van der Waals surface area (Å²) in [4.78, 5) is 2.38. The Balaban J connectivity index is 2.14. The quantitative estimate of drug-likeness (QED) is 0.712. The molecule has 0 radical (unpaired) electrons. The van der Waals surface area contributed by atoms with Crippen LogP contribution in [0.3, 0.4) is 0 Å². The Hall–Kier alpha value is -0.0900. The van der Waals surface area contributed by atoms with Crippen molar-refractivity contribution in [3.05, 3.63) is 0 Å². The number of rotatable bonds is 4. The highest BCUT2D eigenvalue weighted by Crippen LogP contribution is 2.15. The van der Waals surface area contributed by atoms with Gasteiger partial charge in [-0.3, -0.25) is 0 Å². The Morgan fingerprint density at radius 3 is 2.36 bits per heavy atom. The van der Waals surface area contributed by atoms with Crippen LogP contribution in [0.15, 0.2) is 0 Å². The standard InChI is InChI=1S/C10H21NO2S/c1-10-4-7-11(8-5-10)6-3-9-14(2,12)13/h10H,3-9H2,1-2H3. The minimum atomic E-state index is -2.76. The fourth-order valence-electron chi connectivity index (χ4n) is 1.84. The van der Waals surface area contributed by atoms with Gasteiger partial charge in [0.2, 0.25) is 0 Å². The Kier molecular flexibility index (Phi) is 4.38. The number of sulfone groups is 1. The minimum absolute atomic E-state index is 0.332. The van der Waals surface area contributed by atoms with Gasteiger partial charge in [0.25, 0.3) is 0 Å². The second kappa shape index (κ2) is 5.12. The smallest absolute Gasteiger partial charge is 0.147 e. The van der Waals surface area contributed by atoms with Gasteiger partial charge in [-0.1, -0.05) is 6.92 Å². The van der Waals surface area contributed by atoms with E-state index in [1.165, 1.54) is 19.1 Å². The van der Waals surface area contributed by atoms with Gasteiger partial charge in [0.1, 0.15) is 9.84 Å². The Morgan fingerprint density at radius 1 is 1.29 bits per heavy atom. The van der Waals surface area contributed by atoms with Gasteiger partial charge in [-0.25, -0.2) is 8.42 Å². The second-order valence-corrected chi connectivity index (χ2v) is 6.77. The second-order valence-electron chi connectivity index (χ2n) is 4.51. The first kappa shape index (κ1) is 12.0. The lowest BCUT2D eigenvalue weighted by Crippen LogP contribution is -2.34. The van der Waals surface area contributed by atoms with Gasteiger partial charge in [-0.2, -0.15) is 0 Å². The molecule has 0 aromatic carbocycles. The average Bonchev–Trinajstić information content (AvgIpc) is 2.06. The lowest BCUT2D eigenvalue weighted by Gasteiger charge is -2.29. The van der Waals surface area contributed by atoms with Crippen LogP contribution >= 0.6 is 0 Å². The summed E-state index contributed by atoms with van der Waals surface area (Å²) >= 11 is 0. The van der Waals surface area contributed by atoms with E-state index in [-0.39, 0.29) is 0 Å². The molecule has 14 heavy (non-hydrogen) atoms. The number of piperidine rings is 1. The molecule has 0 unspecified atom stereocenters. The molecule has 0 aliphatic carbocycles. The van der Waals surface area contributed by atoms with E-state index in [2.05, 4.69) is 11.8 Å². The molecule has 1 aliphatic rings. The summed E-state index contributed by atoms with van der Waals surface area (Å²) in [5.74, 6) is 1.18. The van der Waals surface area contributed by atoms with Gasteiger partial charge >= 0.3 is 0 Å². The molecule has 0 amide bonds. The maximum atomic E-state index is 10.9.